The highest BCUT2D eigenvalue weighted by Crippen LogP contribution is 2.28. The number of carboxylic acid groups (broad SMARTS) is 1. The zero-order valence-electron chi connectivity index (χ0n) is 14.2. The van der Waals surface area contributed by atoms with Crippen molar-refractivity contribution in [2.75, 3.05) is 13.7 Å². The number of benzene rings is 2. The first kappa shape index (κ1) is 19.7. The SMILES string of the molecule is CCOc1ccc(CNS(=O)(=O)c2cc(C(=O)O)ccc2F)cc1OC. The first-order valence-electron chi connectivity index (χ1n) is 7.60. The van der Waals surface area contributed by atoms with Crippen molar-refractivity contribution in [3.63, 3.8) is 0 Å². The maximum Gasteiger partial charge on any atom is 0.335 e. The lowest BCUT2D eigenvalue weighted by Gasteiger charge is -2.12. The lowest BCUT2D eigenvalue weighted by molar-refractivity contribution is 0.0696. The Hall–Kier alpha value is -2.65. The minimum absolute atomic E-state index is 0.137. The Morgan fingerprint density at radius 1 is 1.19 bits per heavy atom. The highest BCUT2D eigenvalue weighted by atomic mass is 32.2. The molecule has 2 aromatic rings. The van der Waals surface area contributed by atoms with E-state index in [0.29, 0.717) is 23.7 Å². The molecule has 0 aliphatic heterocycles. The van der Waals surface area contributed by atoms with Gasteiger partial charge in [-0.1, -0.05) is 6.07 Å². The first-order valence-corrected chi connectivity index (χ1v) is 9.09. The van der Waals surface area contributed by atoms with E-state index in [9.17, 15) is 17.6 Å². The molecule has 0 bridgehead atoms. The van der Waals surface area contributed by atoms with Gasteiger partial charge < -0.3 is 14.6 Å². The zero-order valence-corrected chi connectivity index (χ0v) is 15.0. The quantitative estimate of drug-likeness (QED) is 0.726. The van der Waals surface area contributed by atoms with E-state index in [1.54, 1.807) is 18.2 Å². The summed E-state index contributed by atoms with van der Waals surface area (Å²) in [6, 6.07) is 7.44. The molecule has 0 atom stereocenters. The number of hydrogen-bond acceptors (Lipinski definition) is 5. The molecule has 26 heavy (non-hydrogen) atoms. The summed E-state index contributed by atoms with van der Waals surface area (Å²) in [7, 11) is -2.79. The molecular formula is C17H18FNO6S. The highest BCUT2D eigenvalue weighted by molar-refractivity contribution is 7.89. The van der Waals surface area contributed by atoms with Crippen molar-refractivity contribution < 1.29 is 32.2 Å². The summed E-state index contributed by atoms with van der Waals surface area (Å²) >= 11 is 0. The molecule has 0 aliphatic rings. The van der Waals surface area contributed by atoms with Crippen LogP contribution in [0.3, 0.4) is 0 Å². The monoisotopic (exact) mass is 383 g/mol. The van der Waals surface area contributed by atoms with Crippen molar-refractivity contribution in [2.45, 2.75) is 18.4 Å². The fraction of sp³-hybridized carbons (Fsp3) is 0.235. The summed E-state index contributed by atoms with van der Waals surface area (Å²) in [5.41, 5.74) is 0.234. The van der Waals surface area contributed by atoms with Crippen LogP contribution >= 0.6 is 0 Å². The lowest BCUT2D eigenvalue weighted by Crippen LogP contribution is -2.24. The second-order valence-corrected chi connectivity index (χ2v) is 6.93. The van der Waals surface area contributed by atoms with Crippen LogP contribution in [0.2, 0.25) is 0 Å². The van der Waals surface area contributed by atoms with E-state index in [-0.39, 0.29) is 12.1 Å². The molecule has 0 spiro atoms. The van der Waals surface area contributed by atoms with E-state index in [1.165, 1.54) is 7.11 Å². The Bertz CT molecular complexity index is 913. The number of halogens is 1. The fourth-order valence-corrected chi connectivity index (χ4v) is 3.31. The van der Waals surface area contributed by atoms with Crippen molar-refractivity contribution in [3.8, 4) is 11.5 Å². The Labute approximate surface area is 150 Å². The van der Waals surface area contributed by atoms with Crippen LogP contribution in [0.15, 0.2) is 41.3 Å². The van der Waals surface area contributed by atoms with Gasteiger partial charge in [0, 0.05) is 6.54 Å². The predicted molar refractivity (Wildman–Crippen MR) is 91.5 cm³/mol. The van der Waals surface area contributed by atoms with E-state index >= 15 is 0 Å². The molecular weight excluding hydrogens is 365 g/mol. The van der Waals surface area contributed by atoms with Gasteiger partial charge in [-0.3, -0.25) is 0 Å². The van der Waals surface area contributed by atoms with Crippen molar-refractivity contribution in [3.05, 3.63) is 53.3 Å². The summed E-state index contributed by atoms with van der Waals surface area (Å²) in [5.74, 6) is -1.44. The number of nitrogens with one attached hydrogen (secondary N) is 1. The van der Waals surface area contributed by atoms with E-state index in [4.69, 9.17) is 14.6 Å². The topological polar surface area (TPSA) is 102 Å². The average molecular weight is 383 g/mol. The Morgan fingerprint density at radius 2 is 1.92 bits per heavy atom. The molecule has 0 aromatic heterocycles. The van der Waals surface area contributed by atoms with Crippen molar-refractivity contribution >= 4 is 16.0 Å². The minimum Gasteiger partial charge on any atom is -0.493 e. The van der Waals surface area contributed by atoms with Crippen molar-refractivity contribution in [1.82, 2.24) is 4.72 Å². The van der Waals surface area contributed by atoms with E-state index in [0.717, 1.165) is 18.2 Å². The first-order chi connectivity index (χ1) is 12.3. The number of rotatable bonds is 8. The number of aromatic carboxylic acids is 1. The Kier molecular flexibility index (Phi) is 6.17. The molecule has 0 amide bonds. The largest absolute Gasteiger partial charge is 0.493 e. The van der Waals surface area contributed by atoms with Gasteiger partial charge in [0.15, 0.2) is 11.5 Å². The maximum atomic E-state index is 13.9. The minimum atomic E-state index is -4.25. The van der Waals surface area contributed by atoms with Gasteiger partial charge in [-0.2, -0.15) is 0 Å². The number of methoxy groups -OCH3 is 1. The number of sulfonamides is 1. The van der Waals surface area contributed by atoms with Gasteiger partial charge in [0.05, 0.1) is 19.3 Å². The average Bonchev–Trinajstić information content (AvgIpc) is 2.61. The van der Waals surface area contributed by atoms with Crippen LogP contribution in [-0.4, -0.2) is 33.2 Å². The fourth-order valence-electron chi connectivity index (χ4n) is 2.20. The van der Waals surface area contributed by atoms with Gasteiger partial charge in [-0.25, -0.2) is 22.3 Å². The third-order valence-corrected chi connectivity index (χ3v) is 4.88. The van der Waals surface area contributed by atoms with Crippen LogP contribution in [0.25, 0.3) is 0 Å². The predicted octanol–water partition coefficient (Wildman–Crippen LogP) is 2.41. The second-order valence-electron chi connectivity index (χ2n) is 5.19. The molecule has 2 rings (SSSR count). The van der Waals surface area contributed by atoms with Gasteiger partial charge in [0.1, 0.15) is 10.7 Å². The van der Waals surface area contributed by atoms with Gasteiger partial charge >= 0.3 is 5.97 Å². The molecule has 7 nitrogen and oxygen atoms in total. The standard InChI is InChI=1S/C17H18FNO6S/c1-3-25-14-7-4-11(8-15(14)24-2)10-19-26(22,23)16-9-12(17(20)21)5-6-13(16)18/h4-9,19H,3,10H2,1-2H3,(H,20,21). The van der Waals surface area contributed by atoms with Crippen molar-refractivity contribution in [1.29, 1.82) is 0 Å². The Morgan fingerprint density at radius 3 is 2.54 bits per heavy atom. The van der Waals surface area contributed by atoms with Crippen LogP contribution in [0.5, 0.6) is 11.5 Å². The molecule has 0 heterocycles. The molecule has 140 valence electrons. The second kappa shape index (κ2) is 8.15. The molecule has 0 unspecified atom stereocenters. The number of hydrogen-bond donors (Lipinski definition) is 2. The summed E-state index contributed by atoms with van der Waals surface area (Å²) < 4.78 is 51.3. The molecule has 0 fully saturated rings. The summed E-state index contributed by atoms with van der Waals surface area (Å²) in [6.45, 7) is 2.13. The molecule has 0 saturated heterocycles. The van der Waals surface area contributed by atoms with E-state index in [1.807, 2.05) is 6.92 Å². The normalized spacial score (nSPS) is 11.2. The van der Waals surface area contributed by atoms with E-state index < -0.39 is 26.7 Å². The third kappa shape index (κ3) is 4.50. The molecule has 2 N–H and O–H groups in total. The number of carboxylic acids is 1. The van der Waals surface area contributed by atoms with Gasteiger partial charge in [-0.15, -0.1) is 0 Å². The van der Waals surface area contributed by atoms with Gasteiger partial charge in [0.25, 0.3) is 0 Å². The summed E-state index contributed by atoms with van der Waals surface area (Å²) in [5, 5.41) is 8.94. The summed E-state index contributed by atoms with van der Waals surface area (Å²) in [4.78, 5) is 10.2. The van der Waals surface area contributed by atoms with Crippen LogP contribution in [-0.2, 0) is 16.6 Å². The van der Waals surface area contributed by atoms with Crippen LogP contribution < -0.4 is 14.2 Å². The maximum absolute atomic E-state index is 13.9. The lowest BCUT2D eigenvalue weighted by atomic mass is 10.2. The molecule has 0 radical (unpaired) electrons. The summed E-state index contributed by atoms with van der Waals surface area (Å²) in [6.07, 6.45) is 0. The van der Waals surface area contributed by atoms with Gasteiger partial charge in [-0.05, 0) is 42.8 Å². The number of ether oxygens (including phenoxy) is 2. The Balaban J connectivity index is 2.23. The van der Waals surface area contributed by atoms with Crippen LogP contribution in [0, 0.1) is 5.82 Å². The number of carbonyl (C=O) groups is 1. The van der Waals surface area contributed by atoms with Crippen molar-refractivity contribution in [2.24, 2.45) is 0 Å². The molecule has 2 aromatic carbocycles. The zero-order chi connectivity index (χ0) is 19.3. The van der Waals surface area contributed by atoms with Gasteiger partial charge in [0.2, 0.25) is 10.0 Å². The highest BCUT2D eigenvalue weighted by Gasteiger charge is 2.21. The van der Waals surface area contributed by atoms with E-state index in [2.05, 4.69) is 4.72 Å². The third-order valence-electron chi connectivity index (χ3n) is 3.46. The molecule has 9 heteroatoms. The smallest absolute Gasteiger partial charge is 0.335 e. The molecule has 0 aliphatic carbocycles. The molecule has 0 saturated carbocycles. The van der Waals surface area contributed by atoms with Crippen LogP contribution in [0.1, 0.15) is 22.8 Å². The van der Waals surface area contributed by atoms with Crippen LogP contribution in [0.4, 0.5) is 4.39 Å².